The number of aliphatic hydroxyl groups excluding tert-OH is 1. The number of amides is 1. The molecule has 0 radical (unpaired) electrons. The molecule has 1 aromatic carbocycles. The number of nitrogens with two attached hydrogens (primary N) is 1. The summed E-state index contributed by atoms with van der Waals surface area (Å²) in [6, 6.07) is 12.1. The van der Waals surface area contributed by atoms with E-state index in [1.54, 1.807) is 6.26 Å². The Hall–Kier alpha value is -2.15. The molecule has 1 amide bonds. The molecule has 0 unspecified atom stereocenters. The standard InChI is InChI=1S/C18H23N3O3/c19-18(23)13-21-8-7-20(11-16(22)12-21)10-14-3-5-15(6-4-14)17-2-1-9-24-17/h1-6,9,16,22H,7-8,10-13H2,(H2,19,23)/t16-/m1/s1. The van der Waals surface area contributed by atoms with Gasteiger partial charge in [0.1, 0.15) is 5.76 Å². The number of β-amino-alcohol motifs (C(OH)–C–C–N with tert-alkyl or cyclic N) is 1. The van der Waals surface area contributed by atoms with E-state index in [4.69, 9.17) is 10.2 Å². The van der Waals surface area contributed by atoms with Crippen LogP contribution >= 0.6 is 0 Å². The minimum Gasteiger partial charge on any atom is -0.464 e. The van der Waals surface area contributed by atoms with Crippen LogP contribution in [0.3, 0.4) is 0 Å². The number of carbonyl (C=O) groups is 1. The summed E-state index contributed by atoms with van der Waals surface area (Å²) in [5, 5.41) is 10.1. The van der Waals surface area contributed by atoms with Gasteiger partial charge in [0.15, 0.2) is 0 Å². The number of carbonyl (C=O) groups excluding carboxylic acids is 1. The van der Waals surface area contributed by atoms with Crippen molar-refractivity contribution in [1.82, 2.24) is 9.80 Å². The first-order valence-electron chi connectivity index (χ1n) is 8.14. The molecule has 0 spiro atoms. The van der Waals surface area contributed by atoms with Crippen molar-refractivity contribution in [1.29, 1.82) is 0 Å². The van der Waals surface area contributed by atoms with Crippen molar-refractivity contribution in [3.63, 3.8) is 0 Å². The summed E-state index contributed by atoms with van der Waals surface area (Å²) in [7, 11) is 0. The van der Waals surface area contributed by atoms with Gasteiger partial charge in [0, 0.05) is 38.3 Å². The van der Waals surface area contributed by atoms with E-state index in [9.17, 15) is 9.90 Å². The van der Waals surface area contributed by atoms with Crippen LogP contribution in [-0.4, -0.2) is 59.6 Å². The summed E-state index contributed by atoms with van der Waals surface area (Å²) >= 11 is 0. The van der Waals surface area contributed by atoms with Crippen LogP contribution < -0.4 is 5.73 Å². The van der Waals surface area contributed by atoms with Crippen molar-refractivity contribution in [3.8, 4) is 11.3 Å². The predicted octanol–water partition coefficient (Wildman–Crippen LogP) is 0.910. The summed E-state index contributed by atoms with van der Waals surface area (Å²) in [5.41, 5.74) is 7.48. The number of primary amides is 1. The Morgan fingerprint density at radius 2 is 1.88 bits per heavy atom. The Morgan fingerprint density at radius 3 is 2.54 bits per heavy atom. The number of aliphatic hydroxyl groups is 1. The third-order valence-corrected chi connectivity index (χ3v) is 4.22. The first-order chi connectivity index (χ1) is 11.6. The molecule has 0 aliphatic carbocycles. The van der Waals surface area contributed by atoms with Crippen molar-refractivity contribution in [2.45, 2.75) is 12.6 Å². The number of nitrogens with zero attached hydrogens (tertiary/aromatic N) is 2. The molecule has 1 fully saturated rings. The average Bonchev–Trinajstić information content (AvgIpc) is 3.01. The average molecular weight is 329 g/mol. The topological polar surface area (TPSA) is 82.9 Å². The summed E-state index contributed by atoms with van der Waals surface area (Å²) in [4.78, 5) is 15.2. The van der Waals surface area contributed by atoms with Crippen LogP contribution in [0.15, 0.2) is 47.1 Å². The lowest BCUT2D eigenvalue weighted by Crippen LogP contribution is -2.38. The Bertz CT molecular complexity index is 655. The van der Waals surface area contributed by atoms with Gasteiger partial charge in [0.2, 0.25) is 5.91 Å². The molecule has 6 heteroatoms. The van der Waals surface area contributed by atoms with Gasteiger partial charge in [-0.05, 0) is 17.7 Å². The van der Waals surface area contributed by atoms with Crippen molar-refractivity contribution in [3.05, 3.63) is 48.2 Å². The van der Waals surface area contributed by atoms with Gasteiger partial charge in [0.05, 0.1) is 18.9 Å². The zero-order valence-electron chi connectivity index (χ0n) is 13.6. The molecule has 2 aromatic rings. The van der Waals surface area contributed by atoms with Crippen LogP contribution in [0.1, 0.15) is 5.56 Å². The molecule has 1 aromatic heterocycles. The highest BCUT2D eigenvalue weighted by Gasteiger charge is 2.22. The van der Waals surface area contributed by atoms with Gasteiger partial charge >= 0.3 is 0 Å². The smallest absolute Gasteiger partial charge is 0.231 e. The highest BCUT2D eigenvalue weighted by molar-refractivity contribution is 5.75. The van der Waals surface area contributed by atoms with Gasteiger partial charge in [-0.15, -0.1) is 0 Å². The molecule has 3 rings (SSSR count). The molecule has 6 nitrogen and oxygen atoms in total. The first kappa shape index (κ1) is 16.7. The number of benzene rings is 1. The maximum absolute atomic E-state index is 11.1. The van der Waals surface area contributed by atoms with Crippen LogP contribution in [0.4, 0.5) is 0 Å². The predicted molar refractivity (Wildman–Crippen MR) is 91.1 cm³/mol. The lowest BCUT2D eigenvalue weighted by atomic mass is 10.1. The summed E-state index contributed by atoms with van der Waals surface area (Å²) in [5.74, 6) is 0.498. The number of furan rings is 1. The van der Waals surface area contributed by atoms with Crippen molar-refractivity contribution in [2.24, 2.45) is 5.73 Å². The van der Waals surface area contributed by atoms with Gasteiger partial charge in [-0.2, -0.15) is 0 Å². The van der Waals surface area contributed by atoms with Gasteiger partial charge in [0.25, 0.3) is 0 Å². The van der Waals surface area contributed by atoms with Gasteiger partial charge < -0.3 is 15.3 Å². The second kappa shape index (κ2) is 7.61. The van der Waals surface area contributed by atoms with E-state index in [0.717, 1.165) is 31.0 Å². The van der Waals surface area contributed by atoms with Gasteiger partial charge in [-0.3, -0.25) is 14.6 Å². The second-order valence-corrected chi connectivity index (χ2v) is 6.26. The van der Waals surface area contributed by atoms with E-state index in [1.807, 2.05) is 29.2 Å². The molecule has 0 saturated carbocycles. The fraction of sp³-hybridized carbons (Fsp3) is 0.389. The van der Waals surface area contributed by atoms with E-state index in [0.29, 0.717) is 13.1 Å². The SMILES string of the molecule is NC(=O)CN1CCN(Cc2ccc(-c3ccco3)cc2)C[C@@H](O)C1. The maximum atomic E-state index is 11.1. The van der Waals surface area contributed by atoms with Crippen LogP contribution in [0.2, 0.25) is 0 Å². The maximum Gasteiger partial charge on any atom is 0.231 e. The van der Waals surface area contributed by atoms with E-state index in [-0.39, 0.29) is 12.5 Å². The van der Waals surface area contributed by atoms with E-state index in [1.165, 1.54) is 5.56 Å². The number of hydrogen-bond donors (Lipinski definition) is 2. The molecule has 1 aliphatic rings. The number of hydrogen-bond acceptors (Lipinski definition) is 5. The Kier molecular flexibility index (Phi) is 5.30. The normalized spacial score (nSPS) is 20.0. The highest BCUT2D eigenvalue weighted by Crippen LogP contribution is 2.20. The fourth-order valence-electron chi connectivity index (χ4n) is 3.10. The van der Waals surface area contributed by atoms with Crippen LogP contribution in [0.5, 0.6) is 0 Å². The minimum absolute atomic E-state index is 0.197. The molecule has 1 atom stereocenters. The van der Waals surface area contributed by atoms with Crippen LogP contribution in [-0.2, 0) is 11.3 Å². The third-order valence-electron chi connectivity index (χ3n) is 4.22. The molecule has 24 heavy (non-hydrogen) atoms. The molecule has 2 heterocycles. The first-order valence-corrected chi connectivity index (χ1v) is 8.14. The van der Waals surface area contributed by atoms with E-state index < -0.39 is 6.10 Å². The molecular weight excluding hydrogens is 306 g/mol. The summed E-state index contributed by atoms with van der Waals surface area (Å²) in [6.45, 7) is 3.56. The van der Waals surface area contributed by atoms with Crippen LogP contribution in [0, 0.1) is 0 Å². The number of rotatable bonds is 5. The summed E-state index contributed by atoms with van der Waals surface area (Å²) < 4.78 is 5.40. The highest BCUT2D eigenvalue weighted by atomic mass is 16.3. The molecule has 0 bridgehead atoms. The summed E-state index contributed by atoms with van der Waals surface area (Å²) in [6.07, 6.45) is 1.19. The monoisotopic (exact) mass is 329 g/mol. The van der Waals surface area contributed by atoms with Crippen molar-refractivity contribution >= 4 is 5.91 Å². The molecule has 3 N–H and O–H groups in total. The van der Waals surface area contributed by atoms with E-state index in [2.05, 4.69) is 17.0 Å². The van der Waals surface area contributed by atoms with Crippen LogP contribution in [0.25, 0.3) is 11.3 Å². The van der Waals surface area contributed by atoms with Gasteiger partial charge in [-0.25, -0.2) is 0 Å². The zero-order valence-corrected chi connectivity index (χ0v) is 13.6. The quantitative estimate of drug-likeness (QED) is 0.852. The lowest BCUT2D eigenvalue weighted by molar-refractivity contribution is -0.119. The Morgan fingerprint density at radius 1 is 1.17 bits per heavy atom. The largest absolute Gasteiger partial charge is 0.464 e. The lowest BCUT2D eigenvalue weighted by Gasteiger charge is -2.21. The molecule has 128 valence electrons. The molecule has 1 aliphatic heterocycles. The Balaban J connectivity index is 1.60. The van der Waals surface area contributed by atoms with Crippen molar-refractivity contribution < 1.29 is 14.3 Å². The Labute approximate surface area is 141 Å². The van der Waals surface area contributed by atoms with Gasteiger partial charge in [-0.1, -0.05) is 24.3 Å². The van der Waals surface area contributed by atoms with Crippen molar-refractivity contribution in [2.75, 3.05) is 32.7 Å². The molecule has 1 saturated heterocycles. The fourth-order valence-corrected chi connectivity index (χ4v) is 3.10. The minimum atomic E-state index is -0.478. The second-order valence-electron chi connectivity index (χ2n) is 6.26. The zero-order chi connectivity index (χ0) is 16.9. The third kappa shape index (κ3) is 4.44. The van der Waals surface area contributed by atoms with E-state index >= 15 is 0 Å². The molecular formula is C18H23N3O3.